The number of hydrogen-bond donors (Lipinski definition) is 0. The Hall–Kier alpha value is -2.87. The number of aryl methyl sites for hydroxylation is 1. The van der Waals surface area contributed by atoms with E-state index in [-0.39, 0.29) is 5.69 Å². The average molecular weight is 330 g/mol. The van der Waals surface area contributed by atoms with E-state index in [4.69, 9.17) is 9.15 Å². The molecule has 3 aromatic heterocycles. The van der Waals surface area contributed by atoms with Gasteiger partial charge in [0.2, 0.25) is 0 Å². The van der Waals surface area contributed by atoms with E-state index in [2.05, 4.69) is 5.10 Å². The molecule has 126 valence electrons. The fourth-order valence-electron chi connectivity index (χ4n) is 2.54. The van der Waals surface area contributed by atoms with Crippen molar-refractivity contribution in [2.75, 3.05) is 14.2 Å². The van der Waals surface area contributed by atoms with E-state index in [9.17, 15) is 9.59 Å². The minimum atomic E-state index is -0.429. The van der Waals surface area contributed by atoms with Crippen molar-refractivity contribution in [2.24, 2.45) is 0 Å². The molecule has 0 radical (unpaired) electrons. The third kappa shape index (κ3) is 2.95. The van der Waals surface area contributed by atoms with Crippen molar-refractivity contribution < 1.29 is 13.9 Å². The Morgan fingerprint density at radius 3 is 2.92 bits per heavy atom. The van der Waals surface area contributed by atoms with Gasteiger partial charge >= 0.3 is 11.7 Å². The van der Waals surface area contributed by atoms with Gasteiger partial charge in [-0.2, -0.15) is 4.68 Å². The van der Waals surface area contributed by atoms with E-state index in [1.54, 1.807) is 31.3 Å². The summed E-state index contributed by atoms with van der Waals surface area (Å²) < 4.78 is 13.2. The highest BCUT2D eigenvalue weighted by Gasteiger charge is 2.17. The Balaban J connectivity index is 1.75. The summed E-state index contributed by atoms with van der Waals surface area (Å²) in [5.74, 6) is 0.698. The highest BCUT2D eigenvalue weighted by molar-refractivity contribution is 5.90. The van der Waals surface area contributed by atoms with Gasteiger partial charge in [0.15, 0.2) is 5.65 Å². The third-order valence-electron chi connectivity index (χ3n) is 3.66. The topological polar surface area (TPSA) is 82.0 Å². The van der Waals surface area contributed by atoms with Crippen LogP contribution >= 0.6 is 0 Å². The van der Waals surface area contributed by atoms with Gasteiger partial charge in [-0.1, -0.05) is 6.07 Å². The van der Waals surface area contributed by atoms with Gasteiger partial charge in [0.05, 0.1) is 20.3 Å². The SMILES string of the molecule is COC(=O)c1cc(CN(C)Cn2nc3ccccn3c2=O)oc1C. The summed E-state index contributed by atoms with van der Waals surface area (Å²) in [5, 5.41) is 4.28. The zero-order valence-electron chi connectivity index (χ0n) is 13.7. The fraction of sp³-hybridized carbons (Fsp3) is 0.312. The molecule has 3 rings (SSSR count). The van der Waals surface area contributed by atoms with Crippen molar-refractivity contribution in [3.63, 3.8) is 0 Å². The van der Waals surface area contributed by atoms with Crippen LogP contribution in [0.3, 0.4) is 0 Å². The minimum Gasteiger partial charge on any atom is -0.465 e. The Bertz CT molecular complexity index is 937. The van der Waals surface area contributed by atoms with Crippen LogP contribution in [0.1, 0.15) is 21.9 Å². The number of rotatable bonds is 5. The molecule has 0 spiro atoms. The molecule has 0 saturated heterocycles. The number of carbonyl (C=O) groups excluding carboxylic acids is 1. The van der Waals surface area contributed by atoms with Crippen LogP contribution in [0.15, 0.2) is 39.7 Å². The maximum atomic E-state index is 12.3. The van der Waals surface area contributed by atoms with Crippen LogP contribution in [-0.2, 0) is 18.0 Å². The van der Waals surface area contributed by atoms with Crippen LogP contribution in [0.2, 0.25) is 0 Å². The molecular formula is C16H18N4O4. The molecule has 0 aliphatic rings. The maximum Gasteiger partial charge on any atom is 0.351 e. The van der Waals surface area contributed by atoms with Crippen molar-refractivity contribution in [1.82, 2.24) is 19.1 Å². The van der Waals surface area contributed by atoms with Gasteiger partial charge in [-0.05, 0) is 32.2 Å². The maximum absolute atomic E-state index is 12.3. The first-order chi connectivity index (χ1) is 11.5. The summed E-state index contributed by atoms with van der Waals surface area (Å²) in [6.07, 6.45) is 1.68. The van der Waals surface area contributed by atoms with E-state index in [0.29, 0.717) is 35.9 Å². The lowest BCUT2D eigenvalue weighted by atomic mass is 10.2. The van der Waals surface area contributed by atoms with E-state index in [1.165, 1.54) is 16.2 Å². The zero-order valence-corrected chi connectivity index (χ0v) is 13.7. The molecular weight excluding hydrogens is 312 g/mol. The average Bonchev–Trinajstić information content (AvgIpc) is 3.07. The summed E-state index contributed by atoms with van der Waals surface area (Å²) in [5.41, 5.74) is 0.798. The first-order valence-electron chi connectivity index (χ1n) is 7.40. The van der Waals surface area contributed by atoms with Gasteiger partial charge < -0.3 is 9.15 Å². The quantitative estimate of drug-likeness (QED) is 0.655. The van der Waals surface area contributed by atoms with Crippen LogP contribution in [0, 0.1) is 6.92 Å². The monoisotopic (exact) mass is 330 g/mol. The Morgan fingerprint density at radius 1 is 1.42 bits per heavy atom. The molecule has 0 amide bonds. The molecule has 0 atom stereocenters. The summed E-state index contributed by atoms with van der Waals surface area (Å²) >= 11 is 0. The van der Waals surface area contributed by atoms with Crippen molar-refractivity contribution >= 4 is 11.6 Å². The predicted molar refractivity (Wildman–Crippen MR) is 85.7 cm³/mol. The number of esters is 1. The number of aromatic nitrogens is 3. The Morgan fingerprint density at radius 2 is 2.21 bits per heavy atom. The van der Waals surface area contributed by atoms with Gasteiger partial charge in [0, 0.05) is 6.20 Å². The normalized spacial score (nSPS) is 11.3. The lowest BCUT2D eigenvalue weighted by Gasteiger charge is -2.13. The number of hydrogen-bond acceptors (Lipinski definition) is 6. The van der Waals surface area contributed by atoms with Crippen molar-refractivity contribution in [1.29, 1.82) is 0 Å². The molecule has 0 aliphatic carbocycles. The third-order valence-corrected chi connectivity index (χ3v) is 3.66. The molecule has 3 heterocycles. The number of furan rings is 1. The van der Waals surface area contributed by atoms with Crippen molar-refractivity contribution in [3.05, 3.63) is 58.0 Å². The summed E-state index contributed by atoms with van der Waals surface area (Å²) in [6, 6.07) is 7.04. The molecule has 0 saturated carbocycles. The first-order valence-corrected chi connectivity index (χ1v) is 7.40. The second-order valence-electron chi connectivity index (χ2n) is 5.54. The van der Waals surface area contributed by atoms with Crippen LogP contribution in [0.4, 0.5) is 0 Å². The van der Waals surface area contributed by atoms with Gasteiger partial charge in [-0.3, -0.25) is 9.30 Å². The van der Waals surface area contributed by atoms with Gasteiger partial charge in [0.1, 0.15) is 17.1 Å². The van der Waals surface area contributed by atoms with Gasteiger partial charge in [-0.15, -0.1) is 5.10 Å². The molecule has 3 aromatic rings. The van der Waals surface area contributed by atoms with E-state index < -0.39 is 5.97 Å². The molecule has 8 nitrogen and oxygen atoms in total. The van der Waals surface area contributed by atoms with Crippen LogP contribution in [0.25, 0.3) is 5.65 Å². The molecule has 0 unspecified atom stereocenters. The number of carbonyl (C=O) groups is 1. The second-order valence-corrected chi connectivity index (χ2v) is 5.54. The molecule has 0 aromatic carbocycles. The summed E-state index contributed by atoms with van der Waals surface area (Å²) in [4.78, 5) is 25.7. The smallest absolute Gasteiger partial charge is 0.351 e. The molecule has 0 bridgehead atoms. The second kappa shape index (κ2) is 6.32. The number of fused-ring (bicyclic) bond motifs is 1. The minimum absolute atomic E-state index is 0.205. The van der Waals surface area contributed by atoms with Crippen LogP contribution < -0.4 is 5.69 Å². The van der Waals surface area contributed by atoms with Crippen molar-refractivity contribution in [2.45, 2.75) is 20.1 Å². The fourth-order valence-corrected chi connectivity index (χ4v) is 2.54. The first kappa shape index (κ1) is 16.0. The lowest BCUT2D eigenvalue weighted by Crippen LogP contribution is -2.30. The highest BCUT2D eigenvalue weighted by atomic mass is 16.5. The van der Waals surface area contributed by atoms with Crippen LogP contribution in [-0.4, -0.2) is 39.2 Å². The zero-order chi connectivity index (χ0) is 17.3. The molecule has 8 heteroatoms. The number of methoxy groups -OCH3 is 1. The van der Waals surface area contributed by atoms with Crippen molar-refractivity contribution in [3.8, 4) is 0 Å². The van der Waals surface area contributed by atoms with E-state index in [1.807, 2.05) is 18.0 Å². The van der Waals surface area contributed by atoms with E-state index in [0.717, 1.165) is 0 Å². The largest absolute Gasteiger partial charge is 0.465 e. The van der Waals surface area contributed by atoms with E-state index >= 15 is 0 Å². The van der Waals surface area contributed by atoms with Gasteiger partial charge in [-0.25, -0.2) is 9.59 Å². The Kier molecular flexibility index (Phi) is 4.22. The number of ether oxygens (including phenoxy) is 1. The molecule has 0 aliphatic heterocycles. The Labute approximate surface area is 137 Å². The molecule has 0 fully saturated rings. The number of pyridine rings is 1. The lowest BCUT2D eigenvalue weighted by molar-refractivity contribution is 0.0599. The van der Waals surface area contributed by atoms with Crippen LogP contribution in [0.5, 0.6) is 0 Å². The molecule has 24 heavy (non-hydrogen) atoms. The summed E-state index contributed by atoms with van der Waals surface area (Å²) in [7, 11) is 3.17. The summed E-state index contributed by atoms with van der Waals surface area (Å²) in [6.45, 7) is 2.44. The number of nitrogens with zero attached hydrogens (tertiary/aromatic N) is 4. The standard InChI is InChI=1S/C16H18N4O4/c1-11-13(15(21)23-3)8-12(24-11)9-18(2)10-20-16(22)19-7-5-4-6-14(19)17-20/h4-8H,9-10H2,1-3H3. The highest BCUT2D eigenvalue weighted by Crippen LogP contribution is 2.17. The van der Waals surface area contributed by atoms with Gasteiger partial charge in [0.25, 0.3) is 0 Å². The molecule has 0 N–H and O–H groups in total. The predicted octanol–water partition coefficient (Wildman–Crippen LogP) is 1.27.